The molecule has 1 aliphatic carbocycles. The fourth-order valence-corrected chi connectivity index (χ4v) is 2.14. The molecule has 0 spiro atoms. The van der Waals surface area contributed by atoms with E-state index in [1.807, 2.05) is 12.1 Å². The summed E-state index contributed by atoms with van der Waals surface area (Å²) in [7, 11) is 0. The van der Waals surface area contributed by atoms with E-state index in [0.717, 1.165) is 12.1 Å². The first-order valence-electron chi connectivity index (χ1n) is 6.52. The van der Waals surface area contributed by atoms with Gasteiger partial charge in [-0.1, -0.05) is 6.07 Å². The molecule has 0 saturated heterocycles. The molecule has 0 radical (unpaired) electrons. The summed E-state index contributed by atoms with van der Waals surface area (Å²) in [5.41, 5.74) is 1.13. The summed E-state index contributed by atoms with van der Waals surface area (Å²) < 4.78 is 19.1. The number of benzene rings is 1. The SMILES string of the molecule is Fc1ccc(Oc2ccc(CNC3CC3)cn2)cc1Br. The van der Waals surface area contributed by atoms with E-state index in [2.05, 4.69) is 26.2 Å². The minimum Gasteiger partial charge on any atom is -0.439 e. The topological polar surface area (TPSA) is 34.1 Å². The van der Waals surface area contributed by atoms with Gasteiger partial charge in [0, 0.05) is 24.8 Å². The Labute approximate surface area is 125 Å². The summed E-state index contributed by atoms with van der Waals surface area (Å²) in [6.45, 7) is 0.833. The summed E-state index contributed by atoms with van der Waals surface area (Å²) >= 11 is 3.13. The third-order valence-corrected chi connectivity index (χ3v) is 3.69. The van der Waals surface area contributed by atoms with Crippen LogP contribution < -0.4 is 10.1 Å². The van der Waals surface area contributed by atoms with Crippen molar-refractivity contribution < 1.29 is 9.13 Å². The van der Waals surface area contributed by atoms with Crippen molar-refractivity contribution in [1.82, 2.24) is 10.3 Å². The van der Waals surface area contributed by atoms with Crippen molar-refractivity contribution in [2.75, 3.05) is 0 Å². The molecule has 0 aliphatic heterocycles. The lowest BCUT2D eigenvalue weighted by Gasteiger charge is -2.07. The second-order valence-corrected chi connectivity index (χ2v) is 5.69. The van der Waals surface area contributed by atoms with E-state index in [1.165, 1.54) is 18.9 Å². The Morgan fingerprint density at radius 3 is 2.80 bits per heavy atom. The third-order valence-electron chi connectivity index (χ3n) is 3.08. The van der Waals surface area contributed by atoms with Crippen LogP contribution in [-0.4, -0.2) is 11.0 Å². The number of ether oxygens (including phenoxy) is 1. The first-order valence-corrected chi connectivity index (χ1v) is 7.31. The van der Waals surface area contributed by atoms with Gasteiger partial charge < -0.3 is 10.1 Å². The van der Waals surface area contributed by atoms with Crippen LogP contribution in [0.1, 0.15) is 18.4 Å². The Balaban J connectivity index is 1.62. The normalized spacial score (nSPS) is 14.3. The molecule has 1 fully saturated rings. The van der Waals surface area contributed by atoms with Gasteiger partial charge in [-0.3, -0.25) is 0 Å². The zero-order valence-corrected chi connectivity index (χ0v) is 12.4. The van der Waals surface area contributed by atoms with E-state index in [9.17, 15) is 4.39 Å². The van der Waals surface area contributed by atoms with Crippen LogP contribution >= 0.6 is 15.9 Å². The number of nitrogens with zero attached hydrogens (tertiary/aromatic N) is 1. The Morgan fingerprint density at radius 1 is 1.30 bits per heavy atom. The lowest BCUT2D eigenvalue weighted by molar-refractivity contribution is 0.460. The van der Waals surface area contributed by atoms with E-state index in [4.69, 9.17) is 4.74 Å². The fourth-order valence-electron chi connectivity index (χ4n) is 1.79. The zero-order valence-electron chi connectivity index (χ0n) is 10.8. The highest BCUT2D eigenvalue weighted by Gasteiger charge is 2.19. The summed E-state index contributed by atoms with van der Waals surface area (Å²) in [6.07, 6.45) is 4.34. The van der Waals surface area contributed by atoms with Crippen LogP contribution in [0.15, 0.2) is 41.0 Å². The molecule has 1 N–H and O–H groups in total. The summed E-state index contributed by atoms with van der Waals surface area (Å²) in [5, 5.41) is 3.43. The predicted octanol–water partition coefficient (Wildman–Crippen LogP) is 4.03. The van der Waals surface area contributed by atoms with E-state index in [0.29, 0.717) is 22.1 Å². The van der Waals surface area contributed by atoms with Gasteiger partial charge in [0.15, 0.2) is 0 Å². The lowest BCUT2D eigenvalue weighted by atomic mass is 10.3. The standard InChI is InChI=1S/C15H14BrFN2O/c16-13-7-12(4-5-14(13)17)20-15-6-1-10(9-19-15)8-18-11-2-3-11/h1,4-7,9,11,18H,2-3,8H2. The van der Waals surface area contributed by atoms with Crippen LogP contribution in [0, 0.1) is 5.82 Å². The first kappa shape index (κ1) is 13.5. The van der Waals surface area contributed by atoms with E-state index in [-0.39, 0.29) is 5.82 Å². The average molecular weight is 337 g/mol. The van der Waals surface area contributed by atoms with Crippen molar-refractivity contribution in [3.63, 3.8) is 0 Å². The van der Waals surface area contributed by atoms with Crippen molar-refractivity contribution in [3.8, 4) is 11.6 Å². The van der Waals surface area contributed by atoms with Gasteiger partial charge in [0.25, 0.3) is 0 Å². The van der Waals surface area contributed by atoms with Crippen LogP contribution in [0.4, 0.5) is 4.39 Å². The van der Waals surface area contributed by atoms with E-state index < -0.39 is 0 Å². The Hall–Kier alpha value is -1.46. The van der Waals surface area contributed by atoms with Crippen molar-refractivity contribution in [3.05, 3.63) is 52.4 Å². The highest BCUT2D eigenvalue weighted by molar-refractivity contribution is 9.10. The Morgan fingerprint density at radius 2 is 2.15 bits per heavy atom. The zero-order chi connectivity index (χ0) is 13.9. The molecule has 0 atom stereocenters. The van der Waals surface area contributed by atoms with Crippen molar-refractivity contribution in [2.45, 2.75) is 25.4 Å². The number of halogens is 2. The van der Waals surface area contributed by atoms with Crippen molar-refractivity contribution in [1.29, 1.82) is 0 Å². The van der Waals surface area contributed by atoms with Crippen LogP contribution in [0.2, 0.25) is 0 Å². The molecule has 1 aromatic heterocycles. The van der Waals surface area contributed by atoms with Gasteiger partial charge in [-0.2, -0.15) is 0 Å². The summed E-state index contributed by atoms with van der Waals surface area (Å²) in [4.78, 5) is 4.25. The number of rotatable bonds is 5. The molecule has 1 heterocycles. The highest BCUT2D eigenvalue weighted by atomic mass is 79.9. The molecule has 3 rings (SSSR count). The van der Waals surface area contributed by atoms with Gasteiger partial charge >= 0.3 is 0 Å². The number of pyridine rings is 1. The maximum atomic E-state index is 13.1. The second-order valence-electron chi connectivity index (χ2n) is 4.84. The molecule has 1 saturated carbocycles. The molecule has 104 valence electrons. The van der Waals surface area contributed by atoms with Crippen LogP contribution in [0.5, 0.6) is 11.6 Å². The molecular weight excluding hydrogens is 323 g/mol. The highest BCUT2D eigenvalue weighted by Crippen LogP contribution is 2.25. The molecule has 2 aromatic rings. The van der Waals surface area contributed by atoms with Gasteiger partial charge in [-0.05, 0) is 52.5 Å². The maximum absolute atomic E-state index is 13.1. The maximum Gasteiger partial charge on any atom is 0.219 e. The molecule has 1 aliphatic rings. The molecule has 5 heteroatoms. The molecule has 1 aromatic carbocycles. The van der Waals surface area contributed by atoms with Gasteiger partial charge in [0.1, 0.15) is 11.6 Å². The van der Waals surface area contributed by atoms with Gasteiger partial charge in [-0.25, -0.2) is 9.37 Å². The minimum atomic E-state index is -0.313. The summed E-state index contributed by atoms with van der Waals surface area (Å²) in [5.74, 6) is 0.736. The molecule has 0 bridgehead atoms. The molecular formula is C15H14BrFN2O. The molecule has 3 nitrogen and oxygen atoms in total. The number of hydrogen-bond acceptors (Lipinski definition) is 3. The van der Waals surface area contributed by atoms with Crippen LogP contribution in [0.25, 0.3) is 0 Å². The predicted molar refractivity (Wildman–Crippen MR) is 78.3 cm³/mol. The lowest BCUT2D eigenvalue weighted by Crippen LogP contribution is -2.15. The van der Waals surface area contributed by atoms with Gasteiger partial charge in [-0.15, -0.1) is 0 Å². The van der Waals surface area contributed by atoms with Crippen LogP contribution in [0.3, 0.4) is 0 Å². The van der Waals surface area contributed by atoms with E-state index in [1.54, 1.807) is 18.3 Å². The molecule has 0 amide bonds. The quantitative estimate of drug-likeness (QED) is 0.895. The number of hydrogen-bond donors (Lipinski definition) is 1. The average Bonchev–Trinajstić information content (AvgIpc) is 3.26. The first-order chi connectivity index (χ1) is 9.70. The van der Waals surface area contributed by atoms with E-state index >= 15 is 0 Å². The monoisotopic (exact) mass is 336 g/mol. The second kappa shape index (κ2) is 5.89. The summed E-state index contributed by atoms with van der Waals surface area (Å²) in [6, 6.07) is 9.00. The molecule has 20 heavy (non-hydrogen) atoms. The van der Waals surface area contributed by atoms with Crippen molar-refractivity contribution in [2.24, 2.45) is 0 Å². The molecule has 0 unspecified atom stereocenters. The largest absolute Gasteiger partial charge is 0.439 e. The minimum absolute atomic E-state index is 0.313. The van der Waals surface area contributed by atoms with Crippen LogP contribution in [-0.2, 0) is 6.54 Å². The Kier molecular flexibility index (Phi) is 3.98. The van der Waals surface area contributed by atoms with Gasteiger partial charge in [0.2, 0.25) is 5.88 Å². The van der Waals surface area contributed by atoms with Gasteiger partial charge in [0.05, 0.1) is 4.47 Å². The van der Waals surface area contributed by atoms with Crippen molar-refractivity contribution >= 4 is 15.9 Å². The smallest absolute Gasteiger partial charge is 0.219 e. The number of nitrogens with one attached hydrogen (secondary N) is 1. The third kappa shape index (κ3) is 3.55. The Bertz CT molecular complexity index is 599. The fraction of sp³-hybridized carbons (Fsp3) is 0.267. The number of aromatic nitrogens is 1.